The molecule has 56 heavy (non-hydrogen) atoms. The number of aromatic nitrogens is 2. The van der Waals surface area contributed by atoms with Crippen molar-refractivity contribution in [3.63, 3.8) is 0 Å². The van der Waals surface area contributed by atoms with Gasteiger partial charge in [0.1, 0.15) is 0 Å². The smallest absolute Gasteiger partial charge is 0.160 e. The van der Waals surface area contributed by atoms with Gasteiger partial charge in [-0.1, -0.05) is 190 Å². The zero-order chi connectivity index (χ0) is 37.4. The van der Waals surface area contributed by atoms with Gasteiger partial charge in [0.2, 0.25) is 0 Å². The average molecular weight is 715 g/mol. The van der Waals surface area contributed by atoms with Crippen molar-refractivity contribution in [2.45, 2.75) is 24.7 Å². The predicted octanol–water partition coefficient (Wildman–Crippen LogP) is 13.3. The highest BCUT2D eigenvalue weighted by Crippen LogP contribution is 2.63. The lowest BCUT2D eigenvalue weighted by atomic mass is 9.54. The lowest BCUT2D eigenvalue weighted by Gasteiger charge is -2.47. The Kier molecular flexibility index (Phi) is 7.15. The summed E-state index contributed by atoms with van der Waals surface area (Å²) in [7, 11) is 0. The summed E-state index contributed by atoms with van der Waals surface area (Å²) in [6.07, 6.45) is 0. The van der Waals surface area contributed by atoms with Crippen LogP contribution >= 0.6 is 0 Å². The van der Waals surface area contributed by atoms with Crippen LogP contribution in [0.4, 0.5) is 0 Å². The van der Waals surface area contributed by atoms with Gasteiger partial charge in [-0.25, -0.2) is 9.97 Å². The molecule has 2 heteroatoms. The normalized spacial score (nSPS) is 14.2. The van der Waals surface area contributed by atoms with Gasteiger partial charge in [-0.15, -0.1) is 0 Å². The zero-order valence-corrected chi connectivity index (χ0v) is 31.4. The second-order valence-corrected chi connectivity index (χ2v) is 15.7. The third kappa shape index (κ3) is 4.69. The van der Waals surface area contributed by atoms with Crippen molar-refractivity contribution in [1.29, 1.82) is 0 Å². The minimum Gasteiger partial charge on any atom is -0.228 e. The standard InChI is InChI=1S/C54H38N2/c1-53(2)46-27-12-13-28-47(46)54(44-25-10-8-22-42(44)43-23-9-11-26-45(43)54)48-29-15-24-41(51(48)53)38-20-14-21-39(33-38)49-34-50(56-52(55-49)36-17-4-3-5-18-36)40-31-30-35-16-6-7-19-37(35)32-40/h3-34H,1-2H3. The van der Waals surface area contributed by atoms with Gasteiger partial charge in [-0.05, 0) is 84.6 Å². The highest BCUT2D eigenvalue weighted by atomic mass is 14.9. The van der Waals surface area contributed by atoms with E-state index in [-0.39, 0.29) is 5.41 Å². The van der Waals surface area contributed by atoms with E-state index in [0.717, 1.165) is 28.1 Å². The Bertz CT molecular complexity index is 2960. The molecule has 2 aliphatic carbocycles. The fourth-order valence-electron chi connectivity index (χ4n) is 9.88. The molecular weight excluding hydrogens is 677 g/mol. The summed E-state index contributed by atoms with van der Waals surface area (Å²) in [5, 5.41) is 2.40. The molecule has 0 aliphatic heterocycles. The summed E-state index contributed by atoms with van der Waals surface area (Å²) >= 11 is 0. The summed E-state index contributed by atoms with van der Waals surface area (Å²) in [6.45, 7) is 4.81. The maximum atomic E-state index is 5.24. The van der Waals surface area contributed by atoms with Gasteiger partial charge < -0.3 is 0 Å². The fraction of sp³-hybridized carbons (Fsp3) is 0.0741. The Hall–Kier alpha value is -6.90. The van der Waals surface area contributed by atoms with E-state index in [1.807, 2.05) is 18.2 Å². The first-order valence-corrected chi connectivity index (χ1v) is 19.5. The molecule has 0 unspecified atom stereocenters. The summed E-state index contributed by atoms with van der Waals surface area (Å²) in [4.78, 5) is 10.4. The van der Waals surface area contributed by atoms with Crippen LogP contribution in [-0.4, -0.2) is 9.97 Å². The van der Waals surface area contributed by atoms with Crippen LogP contribution in [0.2, 0.25) is 0 Å². The molecule has 0 atom stereocenters. The molecule has 0 saturated carbocycles. The molecular formula is C54H38N2. The number of hydrogen-bond acceptors (Lipinski definition) is 2. The minimum atomic E-state index is -0.436. The molecule has 0 saturated heterocycles. The van der Waals surface area contributed by atoms with Crippen LogP contribution in [0.15, 0.2) is 194 Å². The van der Waals surface area contributed by atoms with Crippen molar-refractivity contribution in [1.82, 2.24) is 9.97 Å². The highest BCUT2D eigenvalue weighted by Gasteiger charge is 2.53. The van der Waals surface area contributed by atoms with Crippen LogP contribution in [0.5, 0.6) is 0 Å². The van der Waals surface area contributed by atoms with Crippen molar-refractivity contribution in [2.24, 2.45) is 0 Å². The van der Waals surface area contributed by atoms with Crippen molar-refractivity contribution in [2.75, 3.05) is 0 Å². The molecule has 11 rings (SSSR count). The van der Waals surface area contributed by atoms with E-state index >= 15 is 0 Å². The van der Waals surface area contributed by atoms with Gasteiger partial charge in [0.15, 0.2) is 5.82 Å². The molecule has 1 heterocycles. The van der Waals surface area contributed by atoms with Crippen molar-refractivity contribution in [3.8, 4) is 56.2 Å². The molecule has 1 aromatic heterocycles. The molecule has 1 spiro atoms. The monoisotopic (exact) mass is 714 g/mol. The summed E-state index contributed by atoms with van der Waals surface area (Å²) < 4.78 is 0. The van der Waals surface area contributed by atoms with Crippen molar-refractivity contribution in [3.05, 3.63) is 228 Å². The van der Waals surface area contributed by atoms with Crippen LogP contribution in [0.1, 0.15) is 47.2 Å². The van der Waals surface area contributed by atoms with E-state index in [1.54, 1.807) is 0 Å². The number of benzene rings is 8. The first-order valence-electron chi connectivity index (χ1n) is 19.5. The van der Waals surface area contributed by atoms with Crippen LogP contribution in [-0.2, 0) is 10.8 Å². The second-order valence-electron chi connectivity index (χ2n) is 15.7. The predicted molar refractivity (Wildman–Crippen MR) is 231 cm³/mol. The Morgan fingerprint density at radius 1 is 0.339 bits per heavy atom. The third-order valence-corrected chi connectivity index (χ3v) is 12.3. The highest BCUT2D eigenvalue weighted by molar-refractivity contribution is 5.91. The molecule has 2 aliphatic rings. The van der Waals surface area contributed by atoms with E-state index < -0.39 is 5.41 Å². The maximum absolute atomic E-state index is 5.24. The molecule has 0 fully saturated rings. The third-order valence-electron chi connectivity index (χ3n) is 12.3. The number of nitrogens with zero attached hydrogens (tertiary/aromatic N) is 2. The number of rotatable bonds is 4. The van der Waals surface area contributed by atoms with Crippen LogP contribution in [0.25, 0.3) is 66.9 Å². The largest absolute Gasteiger partial charge is 0.228 e. The first-order chi connectivity index (χ1) is 27.5. The van der Waals surface area contributed by atoms with Crippen LogP contribution in [0, 0.1) is 0 Å². The molecule has 9 aromatic rings. The Balaban J connectivity index is 1.13. The van der Waals surface area contributed by atoms with Gasteiger partial charge in [-0.3, -0.25) is 0 Å². The molecule has 0 radical (unpaired) electrons. The van der Waals surface area contributed by atoms with E-state index in [1.165, 1.54) is 66.4 Å². The topological polar surface area (TPSA) is 25.8 Å². The molecule has 8 aromatic carbocycles. The summed E-state index contributed by atoms with van der Waals surface area (Å²) in [5.41, 5.74) is 17.4. The minimum absolute atomic E-state index is 0.269. The Labute approximate surface area is 327 Å². The average Bonchev–Trinajstić information content (AvgIpc) is 3.56. The number of hydrogen-bond donors (Lipinski definition) is 0. The molecule has 0 N–H and O–H groups in total. The Morgan fingerprint density at radius 3 is 1.59 bits per heavy atom. The maximum Gasteiger partial charge on any atom is 0.160 e. The molecule has 264 valence electrons. The van der Waals surface area contributed by atoms with Crippen LogP contribution in [0.3, 0.4) is 0 Å². The quantitative estimate of drug-likeness (QED) is 0.181. The van der Waals surface area contributed by atoms with Crippen molar-refractivity contribution < 1.29 is 0 Å². The van der Waals surface area contributed by atoms with Gasteiger partial charge in [0.25, 0.3) is 0 Å². The van der Waals surface area contributed by atoms with E-state index in [2.05, 4.69) is 190 Å². The van der Waals surface area contributed by atoms with Gasteiger partial charge in [0.05, 0.1) is 16.8 Å². The van der Waals surface area contributed by atoms with Gasteiger partial charge >= 0.3 is 0 Å². The molecule has 0 bridgehead atoms. The zero-order valence-electron chi connectivity index (χ0n) is 31.4. The fourth-order valence-corrected chi connectivity index (χ4v) is 9.88. The lowest BCUT2D eigenvalue weighted by molar-refractivity contribution is 0.565. The molecule has 2 nitrogen and oxygen atoms in total. The Morgan fingerprint density at radius 2 is 0.857 bits per heavy atom. The summed E-state index contributed by atoms with van der Waals surface area (Å²) in [6, 6.07) is 70.7. The van der Waals surface area contributed by atoms with E-state index in [0.29, 0.717) is 5.82 Å². The van der Waals surface area contributed by atoms with Gasteiger partial charge in [-0.2, -0.15) is 0 Å². The van der Waals surface area contributed by atoms with E-state index in [9.17, 15) is 0 Å². The first kappa shape index (κ1) is 32.5. The van der Waals surface area contributed by atoms with Gasteiger partial charge in [0, 0.05) is 22.1 Å². The second kappa shape index (κ2) is 12.3. The van der Waals surface area contributed by atoms with Crippen LogP contribution < -0.4 is 0 Å². The molecule has 0 amide bonds. The van der Waals surface area contributed by atoms with Crippen molar-refractivity contribution >= 4 is 10.8 Å². The number of fused-ring (bicyclic) bond motifs is 10. The lowest BCUT2D eigenvalue weighted by Crippen LogP contribution is -2.41. The summed E-state index contributed by atoms with van der Waals surface area (Å²) in [5.74, 6) is 0.715. The SMILES string of the molecule is CC1(C)c2ccccc2C2(c3ccccc3-c3ccccc32)c2cccc(-c3cccc(-c4cc(-c5ccc6ccccc6c5)nc(-c5ccccc5)n4)c3)c21. The van der Waals surface area contributed by atoms with E-state index in [4.69, 9.17) is 9.97 Å².